The van der Waals surface area contributed by atoms with Crippen molar-refractivity contribution < 1.29 is 9.53 Å². The van der Waals surface area contributed by atoms with Gasteiger partial charge >= 0.3 is 6.47 Å². The fraction of sp³-hybridized carbons (Fsp3) is 0.875. The van der Waals surface area contributed by atoms with Gasteiger partial charge in [0, 0.05) is 5.92 Å². The van der Waals surface area contributed by atoms with E-state index in [1.165, 1.54) is 19.3 Å². The molecule has 0 amide bonds. The second-order valence-electron chi connectivity index (χ2n) is 2.83. The molecule has 0 saturated heterocycles. The van der Waals surface area contributed by atoms with Gasteiger partial charge in [0.15, 0.2) is 0 Å². The fourth-order valence-corrected chi connectivity index (χ4v) is 3.44. The summed E-state index contributed by atoms with van der Waals surface area (Å²) in [6, 6.07) is 0. The third-order valence-corrected chi connectivity index (χ3v) is 5.33. The Morgan fingerprint density at radius 2 is 2.00 bits per heavy atom. The van der Waals surface area contributed by atoms with Gasteiger partial charge in [-0.2, -0.15) is 0 Å². The molecule has 1 fully saturated rings. The summed E-state index contributed by atoms with van der Waals surface area (Å²) in [7, 11) is 0. The van der Waals surface area contributed by atoms with Crippen molar-refractivity contribution in [3.63, 3.8) is 0 Å². The van der Waals surface area contributed by atoms with Crippen LogP contribution in [0.15, 0.2) is 0 Å². The average molecular weight is 205 g/mol. The molecule has 1 aliphatic rings. The highest BCUT2D eigenvalue weighted by Gasteiger charge is 2.43. The number of ether oxygens (including phenoxy) is 1. The van der Waals surface area contributed by atoms with Crippen molar-refractivity contribution in [2.45, 2.75) is 23.5 Å². The molecule has 0 aliphatic heterocycles. The molecule has 0 bridgehead atoms. The SMILES string of the molecule is CSC(O[C]=O)(SC)C1CCC1. The van der Waals surface area contributed by atoms with E-state index in [9.17, 15) is 4.79 Å². The Morgan fingerprint density at radius 1 is 1.42 bits per heavy atom. The summed E-state index contributed by atoms with van der Waals surface area (Å²) >= 11 is 3.21. The fourth-order valence-electron chi connectivity index (χ4n) is 1.40. The van der Waals surface area contributed by atoms with Gasteiger partial charge in [-0.15, -0.1) is 23.5 Å². The van der Waals surface area contributed by atoms with Crippen molar-refractivity contribution in [1.82, 2.24) is 0 Å². The normalized spacial score (nSPS) is 18.5. The molecule has 4 heteroatoms. The highest BCUT2D eigenvalue weighted by molar-refractivity contribution is 8.17. The smallest absolute Gasteiger partial charge is 0.419 e. The Bertz CT molecular complexity index is 153. The quantitative estimate of drug-likeness (QED) is 0.643. The number of rotatable bonds is 5. The number of thioether (sulfide) groups is 2. The minimum absolute atomic E-state index is 0.361. The van der Waals surface area contributed by atoms with Crippen LogP contribution in [-0.2, 0) is 9.53 Å². The summed E-state index contributed by atoms with van der Waals surface area (Å²) < 4.78 is 4.69. The first-order valence-corrected chi connectivity index (χ1v) is 6.39. The van der Waals surface area contributed by atoms with Gasteiger partial charge in [-0.25, -0.2) is 4.79 Å². The second kappa shape index (κ2) is 4.42. The zero-order chi connectivity index (χ0) is 9.03. The van der Waals surface area contributed by atoms with Crippen LogP contribution in [0.2, 0.25) is 0 Å². The first-order chi connectivity index (χ1) is 5.79. The molecule has 1 saturated carbocycles. The maximum Gasteiger partial charge on any atom is 0.419 e. The average Bonchev–Trinajstić information content (AvgIpc) is 2.00. The van der Waals surface area contributed by atoms with Crippen LogP contribution in [0.1, 0.15) is 19.3 Å². The Morgan fingerprint density at radius 3 is 2.25 bits per heavy atom. The van der Waals surface area contributed by atoms with E-state index in [-0.39, 0.29) is 4.27 Å². The zero-order valence-electron chi connectivity index (χ0n) is 7.33. The third-order valence-electron chi connectivity index (χ3n) is 2.36. The Hall–Kier alpha value is 0.170. The molecule has 0 N–H and O–H groups in total. The van der Waals surface area contributed by atoms with Crippen LogP contribution in [0, 0.1) is 5.92 Å². The Kier molecular flexibility index (Phi) is 3.77. The summed E-state index contributed by atoms with van der Waals surface area (Å²) in [6.07, 6.45) is 7.56. The van der Waals surface area contributed by atoms with Gasteiger partial charge < -0.3 is 4.74 Å². The molecular formula is C8H13O2S2. The molecule has 1 rings (SSSR count). The molecule has 2 nitrogen and oxygen atoms in total. The van der Waals surface area contributed by atoms with E-state index in [1.807, 2.05) is 12.5 Å². The van der Waals surface area contributed by atoms with Gasteiger partial charge in [0.05, 0.1) is 0 Å². The minimum atomic E-state index is -0.361. The molecule has 0 spiro atoms. The van der Waals surface area contributed by atoms with Crippen LogP contribution in [0.3, 0.4) is 0 Å². The predicted molar refractivity (Wildman–Crippen MR) is 53.9 cm³/mol. The van der Waals surface area contributed by atoms with Gasteiger partial charge in [0.2, 0.25) is 4.27 Å². The topological polar surface area (TPSA) is 26.3 Å². The van der Waals surface area contributed by atoms with Crippen LogP contribution in [0.4, 0.5) is 0 Å². The minimum Gasteiger partial charge on any atom is -0.429 e. The van der Waals surface area contributed by atoms with E-state index in [4.69, 9.17) is 4.74 Å². The third kappa shape index (κ3) is 1.74. The van der Waals surface area contributed by atoms with Gasteiger partial charge in [0.1, 0.15) is 0 Å². The van der Waals surface area contributed by atoms with E-state index in [2.05, 4.69) is 0 Å². The molecule has 0 aromatic rings. The molecular weight excluding hydrogens is 192 g/mol. The van der Waals surface area contributed by atoms with Crippen molar-refractivity contribution in [2.24, 2.45) is 5.92 Å². The molecule has 1 radical (unpaired) electrons. The predicted octanol–water partition coefficient (Wildman–Crippen LogP) is 2.25. The maximum atomic E-state index is 10.2. The zero-order valence-corrected chi connectivity index (χ0v) is 8.96. The molecule has 69 valence electrons. The monoisotopic (exact) mass is 205 g/mol. The summed E-state index contributed by atoms with van der Waals surface area (Å²) in [6.45, 7) is 1.57. The highest BCUT2D eigenvalue weighted by atomic mass is 32.2. The van der Waals surface area contributed by atoms with Gasteiger partial charge in [0.25, 0.3) is 0 Å². The van der Waals surface area contributed by atoms with E-state index >= 15 is 0 Å². The van der Waals surface area contributed by atoms with Gasteiger partial charge in [-0.3, -0.25) is 0 Å². The van der Waals surface area contributed by atoms with Gasteiger partial charge in [-0.1, -0.05) is 6.42 Å². The van der Waals surface area contributed by atoms with Crippen LogP contribution in [0.25, 0.3) is 0 Å². The highest BCUT2D eigenvalue weighted by Crippen LogP contribution is 2.49. The lowest BCUT2D eigenvalue weighted by molar-refractivity contribution is 0.111. The lowest BCUT2D eigenvalue weighted by Gasteiger charge is -2.40. The van der Waals surface area contributed by atoms with Crippen molar-refractivity contribution >= 4 is 30.0 Å². The molecule has 0 atom stereocenters. The van der Waals surface area contributed by atoms with Crippen molar-refractivity contribution in [2.75, 3.05) is 12.5 Å². The van der Waals surface area contributed by atoms with Crippen LogP contribution < -0.4 is 0 Å². The first kappa shape index (κ1) is 10.3. The first-order valence-electron chi connectivity index (χ1n) is 3.94. The van der Waals surface area contributed by atoms with Crippen LogP contribution >= 0.6 is 23.5 Å². The number of hydrogen-bond donors (Lipinski definition) is 0. The number of hydrogen-bond acceptors (Lipinski definition) is 4. The summed E-state index contributed by atoms with van der Waals surface area (Å²) in [4.78, 5) is 10.2. The molecule has 1 aliphatic carbocycles. The largest absolute Gasteiger partial charge is 0.429 e. The van der Waals surface area contributed by atoms with E-state index in [0.29, 0.717) is 5.92 Å². The summed E-state index contributed by atoms with van der Waals surface area (Å²) in [5.41, 5.74) is 0. The van der Waals surface area contributed by atoms with E-state index in [0.717, 1.165) is 0 Å². The molecule has 0 heterocycles. The standard InChI is InChI=1S/C8H13O2S2/c1-11-8(12-2,10-6-9)7-4-3-5-7/h7H,3-5H2,1-2H3. The lowest BCUT2D eigenvalue weighted by Crippen LogP contribution is -2.37. The van der Waals surface area contributed by atoms with Crippen molar-refractivity contribution in [3.05, 3.63) is 0 Å². The lowest BCUT2D eigenvalue weighted by atomic mass is 9.86. The Labute approximate surface area is 81.8 Å². The summed E-state index contributed by atoms with van der Waals surface area (Å²) in [5, 5.41) is 0. The maximum absolute atomic E-state index is 10.2. The molecule has 0 unspecified atom stereocenters. The van der Waals surface area contributed by atoms with E-state index in [1.54, 1.807) is 30.0 Å². The second-order valence-corrected chi connectivity index (χ2v) is 5.11. The van der Waals surface area contributed by atoms with Crippen molar-refractivity contribution in [3.8, 4) is 0 Å². The Balaban J connectivity index is 2.59. The van der Waals surface area contributed by atoms with Crippen LogP contribution in [-0.4, -0.2) is 23.2 Å². The summed E-state index contributed by atoms with van der Waals surface area (Å²) in [5.74, 6) is 0.518. The molecule has 0 aromatic heterocycles. The van der Waals surface area contributed by atoms with Gasteiger partial charge in [-0.05, 0) is 25.4 Å². The van der Waals surface area contributed by atoms with E-state index < -0.39 is 0 Å². The van der Waals surface area contributed by atoms with Crippen LogP contribution in [0.5, 0.6) is 0 Å². The molecule has 12 heavy (non-hydrogen) atoms. The molecule has 0 aromatic carbocycles. The number of carbonyl (C=O) groups excluding carboxylic acids is 1. The van der Waals surface area contributed by atoms with Crippen molar-refractivity contribution in [1.29, 1.82) is 0 Å².